The van der Waals surface area contributed by atoms with Crippen molar-refractivity contribution in [2.45, 2.75) is 25.4 Å². The Morgan fingerprint density at radius 1 is 0.714 bits per heavy atom. The summed E-state index contributed by atoms with van der Waals surface area (Å²) in [6, 6.07) is 28.2. The molecule has 0 aromatic heterocycles. The normalized spacial score (nSPS) is 11.6. The summed E-state index contributed by atoms with van der Waals surface area (Å²) in [6.45, 7) is 2.13. The zero-order chi connectivity index (χ0) is 19.8. The Bertz CT molecular complexity index is 856. The van der Waals surface area contributed by atoms with Crippen molar-refractivity contribution >= 4 is 11.8 Å². The first-order valence-corrected chi connectivity index (χ1v) is 9.37. The second kappa shape index (κ2) is 9.51. The van der Waals surface area contributed by atoms with E-state index in [9.17, 15) is 9.59 Å². The van der Waals surface area contributed by atoms with Crippen molar-refractivity contribution in [1.29, 1.82) is 0 Å². The molecule has 0 heterocycles. The van der Waals surface area contributed by atoms with Crippen LogP contribution in [0, 0.1) is 0 Å². The number of amides is 2. The van der Waals surface area contributed by atoms with Gasteiger partial charge in [-0.25, -0.2) is 0 Å². The van der Waals surface area contributed by atoms with Crippen molar-refractivity contribution < 1.29 is 9.59 Å². The van der Waals surface area contributed by atoms with Crippen LogP contribution >= 0.6 is 0 Å². The minimum Gasteiger partial charge on any atom is -0.350 e. The summed E-state index contributed by atoms with van der Waals surface area (Å²) < 4.78 is 0. The third-order valence-electron chi connectivity index (χ3n) is 4.59. The van der Waals surface area contributed by atoms with E-state index in [0.717, 1.165) is 16.7 Å². The van der Waals surface area contributed by atoms with E-state index in [2.05, 4.69) is 10.6 Å². The van der Waals surface area contributed by atoms with Crippen LogP contribution in [0.25, 0.3) is 0 Å². The molecule has 0 saturated heterocycles. The summed E-state index contributed by atoms with van der Waals surface area (Å²) in [7, 11) is 0. The average Bonchev–Trinajstić information content (AvgIpc) is 2.74. The summed E-state index contributed by atoms with van der Waals surface area (Å²) in [6.07, 6.45) is 0. The van der Waals surface area contributed by atoms with E-state index >= 15 is 0 Å². The molecule has 0 spiro atoms. The molecule has 2 N–H and O–H groups in total. The molecule has 142 valence electrons. The van der Waals surface area contributed by atoms with Crippen LogP contribution in [0.2, 0.25) is 0 Å². The Balaban J connectivity index is 1.68. The lowest BCUT2D eigenvalue weighted by molar-refractivity contribution is -0.129. The van der Waals surface area contributed by atoms with Crippen molar-refractivity contribution in [2.75, 3.05) is 0 Å². The van der Waals surface area contributed by atoms with Crippen molar-refractivity contribution in [3.05, 3.63) is 108 Å². The highest BCUT2D eigenvalue weighted by Crippen LogP contribution is 2.24. The highest BCUT2D eigenvalue weighted by molar-refractivity contribution is 5.92. The van der Waals surface area contributed by atoms with Crippen LogP contribution in [0.15, 0.2) is 91.0 Å². The Morgan fingerprint density at radius 3 is 1.68 bits per heavy atom. The third-order valence-corrected chi connectivity index (χ3v) is 4.59. The quantitative estimate of drug-likeness (QED) is 0.665. The second-order valence-corrected chi connectivity index (χ2v) is 6.69. The molecule has 4 heteroatoms. The molecule has 0 bridgehead atoms. The first kappa shape index (κ1) is 19.4. The van der Waals surface area contributed by atoms with E-state index < -0.39 is 12.0 Å². The van der Waals surface area contributed by atoms with Crippen LogP contribution in [0.5, 0.6) is 0 Å². The maximum Gasteiger partial charge on any atom is 0.242 e. The van der Waals surface area contributed by atoms with E-state index in [1.54, 1.807) is 6.92 Å². The van der Waals surface area contributed by atoms with E-state index in [0.29, 0.717) is 6.54 Å². The van der Waals surface area contributed by atoms with Gasteiger partial charge in [0.2, 0.25) is 11.8 Å². The zero-order valence-electron chi connectivity index (χ0n) is 15.8. The van der Waals surface area contributed by atoms with Crippen molar-refractivity contribution in [3.8, 4) is 0 Å². The van der Waals surface area contributed by atoms with Gasteiger partial charge in [-0.05, 0) is 23.6 Å². The van der Waals surface area contributed by atoms with Gasteiger partial charge in [0.25, 0.3) is 0 Å². The molecule has 3 aromatic carbocycles. The molecule has 0 fully saturated rings. The number of benzene rings is 3. The lowest BCUT2D eigenvalue weighted by Crippen LogP contribution is -2.46. The van der Waals surface area contributed by atoms with E-state index in [-0.39, 0.29) is 11.8 Å². The fourth-order valence-electron chi connectivity index (χ4n) is 3.09. The number of hydrogen-bond donors (Lipinski definition) is 2. The van der Waals surface area contributed by atoms with Crippen molar-refractivity contribution in [1.82, 2.24) is 10.6 Å². The molecule has 3 aromatic rings. The fourth-order valence-corrected chi connectivity index (χ4v) is 3.09. The standard InChI is InChI=1S/C24H24N2O2/c1-18(23(27)25-17-19-11-5-2-6-12-19)26-24(28)22(20-13-7-3-8-14-20)21-15-9-4-10-16-21/h2-16,18,22H,17H2,1H3,(H,25,27)(H,26,28)/t18-/m1/s1. The first-order valence-electron chi connectivity index (χ1n) is 9.37. The van der Waals surface area contributed by atoms with Gasteiger partial charge < -0.3 is 10.6 Å². The number of nitrogens with one attached hydrogen (secondary N) is 2. The van der Waals surface area contributed by atoms with Crippen molar-refractivity contribution in [2.24, 2.45) is 0 Å². The summed E-state index contributed by atoms with van der Waals surface area (Å²) in [4.78, 5) is 25.5. The SMILES string of the molecule is C[C@@H](NC(=O)C(c1ccccc1)c1ccccc1)C(=O)NCc1ccccc1. The van der Waals surface area contributed by atoms with Gasteiger partial charge in [-0.15, -0.1) is 0 Å². The summed E-state index contributed by atoms with van der Waals surface area (Å²) in [5.74, 6) is -0.872. The molecule has 2 amide bonds. The smallest absolute Gasteiger partial charge is 0.242 e. The van der Waals surface area contributed by atoms with Gasteiger partial charge in [0.1, 0.15) is 6.04 Å². The lowest BCUT2D eigenvalue weighted by Gasteiger charge is -2.21. The van der Waals surface area contributed by atoms with Gasteiger partial charge in [0.15, 0.2) is 0 Å². The predicted octanol–water partition coefficient (Wildman–Crippen LogP) is 3.64. The van der Waals surface area contributed by atoms with Crippen LogP contribution in [-0.4, -0.2) is 17.9 Å². The molecule has 0 aliphatic rings. The lowest BCUT2D eigenvalue weighted by atomic mass is 9.90. The molecule has 0 unspecified atom stereocenters. The average molecular weight is 372 g/mol. The topological polar surface area (TPSA) is 58.2 Å². The molecule has 1 atom stereocenters. The Kier molecular flexibility index (Phi) is 6.58. The molecule has 4 nitrogen and oxygen atoms in total. The molecule has 28 heavy (non-hydrogen) atoms. The molecule has 0 aliphatic carbocycles. The summed E-state index contributed by atoms with van der Waals surface area (Å²) >= 11 is 0. The van der Waals surface area contributed by atoms with E-state index in [1.807, 2.05) is 91.0 Å². The van der Waals surface area contributed by atoms with Gasteiger partial charge >= 0.3 is 0 Å². The molecule has 0 saturated carbocycles. The fraction of sp³-hybridized carbons (Fsp3) is 0.167. The van der Waals surface area contributed by atoms with Crippen LogP contribution in [0.4, 0.5) is 0 Å². The van der Waals surface area contributed by atoms with Gasteiger partial charge in [0, 0.05) is 6.54 Å². The van der Waals surface area contributed by atoms with Crippen molar-refractivity contribution in [3.63, 3.8) is 0 Å². The third kappa shape index (κ3) is 5.07. The predicted molar refractivity (Wildman–Crippen MR) is 111 cm³/mol. The monoisotopic (exact) mass is 372 g/mol. The highest BCUT2D eigenvalue weighted by Gasteiger charge is 2.25. The van der Waals surface area contributed by atoms with Crippen LogP contribution < -0.4 is 10.6 Å². The van der Waals surface area contributed by atoms with E-state index in [4.69, 9.17) is 0 Å². The number of carbonyl (C=O) groups is 2. The molecular weight excluding hydrogens is 348 g/mol. The van der Waals surface area contributed by atoms with Crippen LogP contribution in [0.1, 0.15) is 29.5 Å². The summed E-state index contributed by atoms with van der Waals surface area (Å²) in [5, 5.41) is 5.73. The first-order chi connectivity index (χ1) is 13.6. The largest absolute Gasteiger partial charge is 0.350 e. The van der Waals surface area contributed by atoms with Gasteiger partial charge in [-0.3, -0.25) is 9.59 Å². The van der Waals surface area contributed by atoms with Crippen LogP contribution in [0.3, 0.4) is 0 Å². The van der Waals surface area contributed by atoms with Gasteiger partial charge in [-0.2, -0.15) is 0 Å². The zero-order valence-corrected chi connectivity index (χ0v) is 15.8. The molecular formula is C24H24N2O2. The second-order valence-electron chi connectivity index (χ2n) is 6.69. The van der Waals surface area contributed by atoms with Gasteiger partial charge in [-0.1, -0.05) is 91.0 Å². The minimum absolute atomic E-state index is 0.195. The Labute approximate surface area is 165 Å². The number of hydrogen-bond acceptors (Lipinski definition) is 2. The number of rotatable bonds is 7. The Hall–Kier alpha value is -3.40. The highest BCUT2D eigenvalue weighted by atomic mass is 16.2. The Morgan fingerprint density at radius 2 is 1.18 bits per heavy atom. The molecule has 0 aliphatic heterocycles. The van der Waals surface area contributed by atoms with E-state index in [1.165, 1.54) is 0 Å². The van der Waals surface area contributed by atoms with Gasteiger partial charge in [0.05, 0.1) is 5.92 Å². The molecule has 0 radical (unpaired) electrons. The van der Waals surface area contributed by atoms with Crippen LogP contribution in [-0.2, 0) is 16.1 Å². The maximum absolute atomic E-state index is 13.0. The minimum atomic E-state index is -0.633. The molecule has 3 rings (SSSR count). The summed E-state index contributed by atoms with van der Waals surface area (Å²) in [5.41, 5.74) is 2.80. The maximum atomic E-state index is 13.0. The number of carbonyl (C=O) groups excluding carboxylic acids is 2.